The number of nitrogens with zero attached hydrogens (tertiary/aromatic N) is 3. The molecule has 2 unspecified atom stereocenters. The standard InChI is InChI=1S/C20H23N5O/c1-14-7-6-8-16(11-14)19(18-9-4-5-10-21-18)24-20(26)23-15(2)17-12-22-25(3)13-17/h4-13,15,19H,1-3H3,(H2,23,24,26). The van der Waals surface area contributed by atoms with Crippen molar-refractivity contribution in [3.63, 3.8) is 0 Å². The number of pyridine rings is 1. The lowest BCUT2D eigenvalue weighted by Crippen LogP contribution is -2.39. The van der Waals surface area contributed by atoms with Gasteiger partial charge in [0.25, 0.3) is 0 Å². The molecule has 2 heterocycles. The molecule has 0 radical (unpaired) electrons. The van der Waals surface area contributed by atoms with Crippen LogP contribution in [0.2, 0.25) is 0 Å². The van der Waals surface area contributed by atoms with Crippen molar-refractivity contribution in [2.45, 2.75) is 25.9 Å². The van der Waals surface area contributed by atoms with Crippen molar-refractivity contribution in [2.75, 3.05) is 0 Å². The molecule has 6 nitrogen and oxygen atoms in total. The molecule has 2 N–H and O–H groups in total. The molecule has 3 rings (SSSR count). The third kappa shape index (κ3) is 4.27. The number of nitrogens with one attached hydrogen (secondary N) is 2. The van der Waals surface area contributed by atoms with Gasteiger partial charge in [-0.25, -0.2) is 4.79 Å². The fourth-order valence-corrected chi connectivity index (χ4v) is 2.84. The molecule has 134 valence electrons. The summed E-state index contributed by atoms with van der Waals surface area (Å²) in [7, 11) is 1.85. The Kier molecular flexibility index (Phi) is 5.31. The van der Waals surface area contributed by atoms with Gasteiger partial charge in [0.05, 0.1) is 24.0 Å². The highest BCUT2D eigenvalue weighted by Gasteiger charge is 2.19. The van der Waals surface area contributed by atoms with Crippen LogP contribution in [0.5, 0.6) is 0 Å². The van der Waals surface area contributed by atoms with Gasteiger partial charge in [-0.15, -0.1) is 0 Å². The van der Waals surface area contributed by atoms with E-state index >= 15 is 0 Å². The van der Waals surface area contributed by atoms with Gasteiger partial charge in [0.2, 0.25) is 0 Å². The summed E-state index contributed by atoms with van der Waals surface area (Å²) < 4.78 is 1.72. The molecule has 2 atom stereocenters. The molecule has 3 aromatic rings. The second-order valence-electron chi connectivity index (χ2n) is 6.39. The fraction of sp³-hybridized carbons (Fsp3) is 0.250. The Morgan fingerprint density at radius 3 is 2.62 bits per heavy atom. The monoisotopic (exact) mass is 349 g/mol. The van der Waals surface area contributed by atoms with Gasteiger partial charge in [0.1, 0.15) is 0 Å². The van der Waals surface area contributed by atoms with Gasteiger partial charge in [-0.1, -0.05) is 35.9 Å². The molecule has 2 aromatic heterocycles. The lowest BCUT2D eigenvalue weighted by molar-refractivity contribution is 0.235. The van der Waals surface area contributed by atoms with E-state index in [0.29, 0.717) is 0 Å². The van der Waals surface area contributed by atoms with E-state index in [9.17, 15) is 4.79 Å². The van der Waals surface area contributed by atoms with E-state index in [0.717, 1.165) is 22.4 Å². The Labute approximate surface area is 153 Å². The Hall–Kier alpha value is -3.15. The molecule has 0 saturated carbocycles. The van der Waals surface area contributed by atoms with Gasteiger partial charge in [-0.05, 0) is 31.5 Å². The number of benzene rings is 1. The van der Waals surface area contributed by atoms with Crippen molar-refractivity contribution in [3.05, 3.63) is 83.4 Å². The zero-order valence-electron chi connectivity index (χ0n) is 15.2. The van der Waals surface area contributed by atoms with Crippen molar-refractivity contribution < 1.29 is 4.79 Å². The van der Waals surface area contributed by atoms with E-state index in [4.69, 9.17) is 0 Å². The molecule has 2 amide bonds. The average Bonchev–Trinajstić information content (AvgIpc) is 3.07. The molecule has 6 heteroatoms. The summed E-state index contributed by atoms with van der Waals surface area (Å²) in [6.45, 7) is 3.96. The predicted octanol–water partition coefficient (Wildman–Crippen LogP) is 3.27. The van der Waals surface area contributed by atoms with E-state index in [-0.39, 0.29) is 18.1 Å². The molecule has 26 heavy (non-hydrogen) atoms. The van der Waals surface area contributed by atoms with Crippen LogP contribution in [-0.4, -0.2) is 20.8 Å². The highest BCUT2D eigenvalue weighted by molar-refractivity contribution is 5.75. The first kappa shape index (κ1) is 17.7. The summed E-state index contributed by atoms with van der Waals surface area (Å²) in [6, 6.07) is 13.0. The zero-order chi connectivity index (χ0) is 18.5. The van der Waals surface area contributed by atoms with Gasteiger partial charge in [-0.2, -0.15) is 5.10 Å². The first-order valence-corrected chi connectivity index (χ1v) is 8.56. The molecule has 0 bridgehead atoms. The van der Waals surface area contributed by atoms with Gasteiger partial charge < -0.3 is 10.6 Å². The Balaban J connectivity index is 1.78. The third-order valence-corrected chi connectivity index (χ3v) is 4.21. The van der Waals surface area contributed by atoms with E-state index in [2.05, 4.69) is 26.8 Å². The Morgan fingerprint density at radius 1 is 1.12 bits per heavy atom. The SMILES string of the molecule is Cc1cccc(C(NC(=O)NC(C)c2cnn(C)c2)c2ccccn2)c1. The zero-order valence-corrected chi connectivity index (χ0v) is 15.2. The number of rotatable bonds is 5. The van der Waals surface area contributed by atoms with Crippen molar-refractivity contribution in [3.8, 4) is 0 Å². The first-order chi connectivity index (χ1) is 12.5. The van der Waals surface area contributed by atoms with Gasteiger partial charge >= 0.3 is 6.03 Å². The van der Waals surface area contributed by atoms with Crippen molar-refractivity contribution in [2.24, 2.45) is 7.05 Å². The molecule has 0 fully saturated rings. The largest absolute Gasteiger partial charge is 0.332 e. The third-order valence-electron chi connectivity index (χ3n) is 4.21. The summed E-state index contributed by atoms with van der Waals surface area (Å²) in [4.78, 5) is 17.0. The minimum atomic E-state index is -0.322. The van der Waals surface area contributed by atoms with Gasteiger partial charge in [0, 0.05) is 25.0 Å². The number of hydrogen-bond donors (Lipinski definition) is 2. The van der Waals surface area contributed by atoms with Crippen molar-refractivity contribution >= 4 is 6.03 Å². The summed E-state index contributed by atoms with van der Waals surface area (Å²) in [6.07, 6.45) is 5.37. The van der Waals surface area contributed by atoms with Gasteiger partial charge in [-0.3, -0.25) is 9.67 Å². The lowest BCUT2D eigenvalue weighted by atomic mass is 10.0. The Morgan fingerprint density at radius 2 is 1.96 bits per heavy atom. The highest BCUT2D eigenvalue weighted by Crippen LogP contribution is 2.21. The van der Waals surface area contributed by atoms with Crippen molar-refractivity contribution in [1.29, 1.82) is 0 Å². The van der Waals surface area contributed by atoms with Crippen LogP contribution in [0.15, 0.2) is 61.1 Å². The fourth-order valence-electron chi connectivity index (χ4n) is 2.84. The van der Waals surface area contributed by atoms with E-state index in [1.54, 1.807) is 17.1 Å². The summed E-state index contributed by atoms with van der Waals surface area (Å²) in [5.74, 6) is 0. The second-order valence-corrected chi connectivity index (χ2v) is 6.39. The maximum Gasteiger partial charge on any atom is 0.316 e. The number of carbonyl (C=O) groups is 1. The van der Waals surface area contributed by atoms with Crippen LogP contribution in [0.25, 0.3) is 0 Å². The molecule has 0 saturated heterocycles. The van der Waals surface area contributed by atoms with E-state index in [1.807, 2.05) is 63.5 Å². The smallest absolute Gasteiger partial charge is 0.316 e. The minimum absolute atomic E-state index is 0.148. The first-order valence-electron chi connectivity index (χ1n) is 8.56. The summed E-state index contributed by atoms with van der Waals surface area (Å²) >= 11 is 0. The van der Waals surface area contributed by atoms with E-state index < -0.39 is 0 Å². The van der Waals surface area contributed by atoms with Crippen LogP contribution in [0.1, 0.15) is 41.4 Å². The van der Waals surface area contributed by atoms with Crippen LogP contribution < -0.4 is 10.6 Å². The van der Waals surface area contributed by atoms with Crippen LogP contribution >= 0.6 is 0 Å². The maximum absolute atomic E-state index is 12.6. The van der Waals surface area contributed by atoms with Crippen LogP contribution in [0.3, 0.4) is 0 Å². The molecule has 0 spiro atoms. The highest BCUT2D eigenvalue weighted by atomic mass is 16.2. The predicted molar refractivity (Wildman–Crippen MR) is 101 cm³/mol. The maximum atomic E-state index is 12.6. The number of urea groups is 1. The number of carbonyl (C=O) groups excluding carboxylic acids is 1. The molecule has 0 aliphatic carbocycles. The lowest BCUT2D eigenvalue weighted by Gasteiger charge is -2.21. The quantitative estimate of drug-likeness (QED) is 0.742. The van der Waals surface area contributed by atoms with E-state index in [1.165, 1.54) is 0 Å². The molecule has 0 aliphatic heterocycles. The molecule has 1 aromatic carbocycles. The number of hydrogen-bond acceptors (Lipinski definition) is 3. The average molecular weight is 349 g/mol. The van der Waals surface area contributed by atoms with Crippen LogP contribution in [0.4, 0.5) is 4.79 Å². The molecule has 0 aliphatic rings. The summed E-state index contributed by atoms with van der Waals surface area (Å²) in [5.41, 5.74) is 3.87. The minimum Gasteiger partial charge on any atom is -0.332 e. The van der Waals surface area contributed by atoms with Gasteiger partial charge in [0.15, 0.2) is 0 Å². The van der Waals surface area contributed by atoms with Crippen LogP contribution in [0, 0.1) is 6.92 Å². The van der Waals surface area contributed by atoms with Crippen LogP contribution in [-0.2, 0) is 7.05 Å². The number of aryl methyl sites for hydroxylation is 2. The normalized spacial score (nSPS) is 13.0. The second kappa shape index (κ2) is 7.82. The number of amides is 2. The molecular weight excluding hydrogens is 326 g/mol. The van der Waals surface area contributed by atoms with Crippen molar-refractivity contribution in [1.82, 2.24) is 25.4 Å². The summed E-state index contributed by atoms with van der Waals surface area (Å²) in [5, 5.41) is 10.2. The molecular formula is C20H23N5O. The number of aromatic nitrogens is 3. The Bertz CT molecular complexity index is 875. The topological polar surface area (TPSA) is 71.8 Å².